The van der Waals surface area contributed by atoms with Gasteiger partial charge in [-0.05, 0) is 56.7 Å². The Balaban J connectivity index is 2.18. The van der Waals surface area contributed by atoms with Crippen molar-refractivity contribution in [1.29, 1.82) is 0 Å². The number of carbonyl (C=O) groups is 3. The number of urea groups is 1. The van der Waals surface area contributed by atoms with Crippen molar-refractivity contribution in [1.82, 2.24) is 10.6 Å². The molecule has 0 spiro atoms. The number of ether oxygens (including phenoxy) is 1. The van der Waals surface area contributed by atoms with E-state index in [1.54, 1.807) is 25.1 Å². The van der Waals surface area contributed by atoms with Crippen LogP contribution in [0.4, 0.5) is 10.5 Å². The Labute approximate surface area is 185 Å². The highest BCUT2D eigenvalue weighted by Crippen LogP contribution is 2.24. The molecule has 0 bridgehead atoms. The molecule has 3 amide bonds. The number of sulfonamides is 1. The lowest BCUT2D eigenvalue weighted by Gasteiger charge is -2.14. The van der Waals surface area contributed by atoms with E-state index in [0.29, 0.717) is 12.2 Å². The summed E-state index contributed by atoms with van der Waals surface area (Å²) in [5, 5.41) is 4.32. The highest BCUT2D eigenvalue weighted by atomic mass is 35.5. The Hall–Kier alpha value is -3.11. The number of nitrogens with one attached hydrogen (secondary N) is 3. The molecule has 2 aromatic carbocycles. The van der Waals surface area contributed by atoms with E-state index in [1.165, 1.54) is 19.1 Å². The van der Waals surface area contributed by atoms with Gasteiger partial charge < -0.3 is 10.1 Å². The van der Waals surface area contributed by atoms with E-state index < -0.39 is 34.0 Å². The number of imide groups is 1. The largest absolute Gasteiger partial charge is 0.449 e. The molecular weight excluding hydrogens is 446 g/mol. The van der Waals surface area contributed by atoms with Crippen molar-refractivity contribution in [3.05, 3.63) is 58.6 Å². The van der Waals surface area contributed by atoms with Gasteiger partial charge >= 0.3 is 12.0 Å². The van der Waals surface area contributed by atoms with Crippen molar-refractivity contribution in [2.24, 2.45) is 0 Å². The lowest BCUT2D eigenvalue weighted by Crippen LogP contribution is -2.44. The van der Waals surface area contributed by atoms with E-state index >= 15 is 0 Å². The van der Waals surface area contributed by atoms with Crippen LogP contribution in [0.15, 0.2) is 47.4 Å². The number of rotatable bonds is 7. The van der Waals surface area contributed by atoms with Gasteiger partial charge in [-0.25, -0.2) is 18.0 Å². The number of hydrogen-bond acceptors (Lipinski definition) is 6. The zero-order valence-corrected chi connectivity index (χ0v) is 18.6. The molecule has 0 aliphatic carbocycles. The first-order valence-electron chi connectivity index (χ1n) is 9.22. The van der Waals surface area contributed by atoms with Gasteiger partial charge in [0.25, 0.3) is 15.9 Å². The van der Waals surface area contributed by atoms with E-state index in [2.05, 4.69) is 10.0 Å². The third-order valence-electron chi connectivity index (χ3n) is 3.97. The number of carbonyl (C=O) groups excluding carboxylic acids is 3. The van der Waals surface area contributed by atoms with E-state index in [0.717, 1.165) is 11.6 Å². The summed E-state index contributed by atoms with van der Waals surface area (Å²) in [5.41, 5.74) is 0.974. The quantitative estimate of drug-likeness (QED) is 0.536. The molecule has 0 heterocycles. The summed E-state index contributed by atoms with van der Waals surface area (Å²) in [7, 11) is -4.02. The lowest BCUT2D eigenvalue weighted by atomic mass is 10.2. The van der Waals surface area contributed by atoms with Gasteiger partial charge in [-0.1, -0.05) is 23.7 Å². The van der Waals surface area contributed by atoms with Crippen molar-refractivity contribution in [2.45, 2.75) is 31.8 Å². The summed E-state index contributed by atoms with van der Waals surface area (Å²) in [6, 6.07) is 9.55. The molecule has 166 valence electrons. The first-order valence-corrected chi connectivity index (χ1v) is 11.1. The molecule has 2 rings (SSSR count). The van der Waals surface area contributed by atoms with Gasteiger partial charge in [-0.2, -0.15) is 0 Å². The second kappa shape index (κ2) is 10.3. The molecule has 3 N–H and O–H groups in total. The molecule has 11 heteroatoms. The first-order chi connectivity index (χ1) is 14.5. The number of halogens is 1. The average molecular weight is 468 g/mol. The molecule has 31 heavy (non-hydrogen) atoms. The maximum atomic E-state index is 12.7. The first kappa shape index (κ1) is 24.2. The zero-order chi connectivity index (χ0) is 23.2. The second-order valence-corrected chi connectivity index (χ2v) is 8.60. The highest BCUT2D eigenvalue weighted by Gasteiger charge is 2.24. The predicted molar refractivity (Wildman–Crippen MR) is 116 cm³/mol. The monoisotopic (exact) mass is 467 g/mol. The van der Waals surface area contributed by atoms with E-state index in [1.807, 2.05) is 18.3 Å². The fraction of sp³-hybridized carbons (Fsp3) is 0.250. The van der Waals surface area contributed by atoms with Crippen LogP contribution in [0.25, 0.3) is 0 Å². The predicted octanol–water partition coefficient (Wildman–Crippen LogP) is 2.84. The van der Waals surface area contributed by atoms with Crippen molar-refractivity contribution in [2.75, 3.05) is 11.3 Å². The van der Waals surface area contributed by atoms with Crippen LogP contribution in [0, 0.1) is 6.92 Å². The third-order valence-corrected chi connectivity index (χ3v) is 5.67. The molecule has 0 radical (unpaired) electrons. The number of esters is 1. The summed E-state index contributed by atoms with van der Waals surface area (Å²) in [6.45, 7) is 5.06. The van der Waals surface area contributed by atoms with Gasteiger partial charge in [-0.3, -0.25) is 14.8 Å². The molecule has 0 saturated carbocycles. The summed E-state index contributed by atoms with van der Waals surface area (Å²) in [5.74, 6) is -1.86. The summed E-state index contributed by atoms with van der Waals surface area (Å²) in [6.07, 6.45) is -1.32. The number of anilines is 1. The molecule has 0 saturated heterocycles. The summed E-state index contributed by atoms with van der Waals surface area (Å²) >= 11 is 6.03. The van der Waals surface area contributed by atoms with E-state index in [9.17, 15) is 22.8 Å². The van der Waals surface area contributed by atoms with E-state index in [-0.39, 0.29) is 15.5 Å². The Morgan fingerprint density at radius 1 is 1.13 bits per heavy atom. The summed E-state index contributed by atoms with van der Waals surface area (Å²) in [4.78, 5) is 35.6. The molecule has 0 aliphatic rings. The summed E-state index contributed by atoms with van der Waals surface area (Å²) < 4.78 is 32.8. The number of aryl methyl sites for hydroxylation is 1. The minimum Gasteiger partial charge on any atom is -0.449 e. The maximum Gasteiger partial charge on any atom is 0.340 e. The van der Waals surface area contributed by atoms with Crippen LogP contribution in [0.5, 0.6) is 0 Å². The van der Waals surface area contributed by atoms with Crippen LogP contribution in [0.3, 0.4) is 0 Å². The lowest BCUT2D eigenvalue weighted by molar-refractivity contribution is -0.127. The van der Waals surface area contributed by atoms with Crippen LogP contribution >= 0.6 is 11.6 Å². The van der Waals surface area contributed by atoms with Crippen molar-refractivity contribution in [3.8, 4) is 0 Å². The second-order valence-electron chi connectivity index (χ2n) is 6.51. The Morgan fingerprint density at radius 2 is 1.84 bits per heavy atom. The van der Waals surface area contributed by atoms with Crippen LogP contribution in [-0.4, -0.2) is 39.0 Å². The van der Waals surface area contributed by atoms with Gasteiger partial charge in [0.05, 0.1) is 15.5 Å². The fourth-order valence-electron chi connectivity index (χ4n) is 2.45. The molecular formula is C20H22ClN3O6S. The topological polar surface area (TPSA) is 131 Å². The molecule has 0 aromatic heterocycles. The molecule has 2 aromatic rings. The SMILES string of the molecule is CCNC(=O)NC(=O)C(C)OC(=O)c1cc(S(=O)(=O)Nc2cccc(C)c2)ccc1Cl. The normalized spacial score (nSPS) is 11.9. The number of benzene rings is 2. The molecule has 9 nitrogen and oxygen atoms in total. The van der Waals surface area contributed by atoms with Crippen molar-refractivity contribution in [3.63, 3.8) is 0 Å². The van der Waals surface area contributed by atoms with Gasteiger partial charge in [0, 0.05) is 12.2 Å². The number of amides is 3. The molecule has 0 fully saturated rings. The smallest absolute Gasteiger partial charge is 0.340 e. The van der Waals surface area contributed by atoms with Gasteiger partial charge in [0.15, 0.2) is 6.10 Å². The minimum atomic E-state index is -4.02. The van der Waals surface area contributed by atoms with Crippen LogP contribution in [0.1, 0.15) is 29.8 Å². The van der Waals surface area contributed by atoms with Gasteiger partial charge in [0.1, 0.15) is 0 Å². The third kappa shape index (κ3) is 6.69. The van der Waals surface area contributed by atoms with Crippen LogP contribution in [0.2, 0.25) is 5.02 Å². The van der Waals surface area contributed by atoms with Crippen molar-refractivity contribution < 1.29 is 27.5 Å². The fourth-order valence-corrected chi connectivity index (χ4v) is 3.72. The average Bonchev–Trinajstić information content (AvgIpc) is 2.67. The Bertz CT molecular complexity index is 1100. The van der Waals surface area contributed by atoms with Crippen LogP contribution in [-0.2, 0) is 19.6 Å². The van der Waals surface area contributed by atoms with Gasteiger partial charge in [-0.15, -0.1) is 0 Å². The standard InChI is InChI=1S/C20H22ClN3O6S/c1-4-22-20(27)23-18(25)13(3)30-19(26)16-11-15(8-9-17(16)21)31(28,29)24-14-7-5-6-12(2)10-14/h5-11,13,24H,4H2,1-3H3,(H2,22,23,25,27). The molecule has 1 unspecified atom stereocenters. The maximum absolute atomic E-state index is 12.7. The molecule has 1 atom stereocenters. The van der Waals surface area contributed by atoms with Gasteiger partial charge in [0.2, 0.25) is 0 Å². The zero-order valence-electron chi connectivity index (χ0n) is 17.1. The molecule has 0 aliphatic heterocycles. The van der Waals surface area contributed by atoms with Crippen LogP contribution < -0.4 is 15.4 Å². The Morgan fingerprint density at radius 3 is 2.48 bits per heavy atom. The van der Waals surface area contributed by atoms with E-state index in [4.69, 9.17) is 16.3 Å². The number of hydrogen-bond donors (Lipinski definition) is 3. The Kier molecular flexibility index (Phi) is 8.01. The minimum absolute atomic E-state index is 0.0594. The highest BCUT2D eigenvalue weighted by molar-refractivity contribution is 7.92. The van der Waals surface area contributed by atoms with Crippen molar-refractivity contribution >= 4 is 45.2 Å².